The van der Waals surface area contributed by atoms with Gasteiger partial charge in [0.05, 0.1) is 0 Å². The van der Waals surface area contributed by atoms with Gasteiger partial charge in [-0.1, -0.05) is 0 Å². The van der Waals surface area contributed by atoms with E-state index in [2.05, 4.69) is 0 Å². The summed E-state index contributed by atoms with van der Waals surface area (Å²) in [5.74, 6) is 0.287. The molecule has 0 spiro atoms. The molecule has 1 radical (unpaired) electrons. The fourth-order valence-electron chi connectivity index (χ4n) is 1.30. The Kier molecular flexibility index (Phi) is 2.68. The zero-order valence-corrected chi connectivity index (χ0v) is 5.92. The molecule has 1 aliphatic heterocycles. The number of amides is 1. The summed E-state index contributed by atoms with van der Waals surface area (Å²) in [7, 11) is 0. The smallest absolute Gasteiger partial charge is 0.312 e. The zero-order chi connectivity index (χ0) is 7.40. The molecular weight excluding hydrogens is 130 g/mol. The first kappa shape index (κ1) is 7.54. The minimum absolute atomic E-state index is 0.193. The maximum absolute atomic E-state index is 10.1. The van der Waals surface area contributed by atoms with Crippen molar-refractivity contribution < 1.29 is 9.90 Å². The normalized spacial score (nSPS) is 26.5. The predicted molar refractivity (Wildman–Crippen MR) is 37.1 cm³/mol. The minimum atomic E-state index is 0.193. The summed E-state index contributed by atoms with van der Waals surface area (Å²) in [6.07, 6.45) is 3.88. The Labute approximate surface area is 60.6 Å². The number of likely N-dealkylation sites (tertiary alicyclic amines) is 1. The molecule has 57 valence electrons. The van der Waals surface area contributed by atoms with Crippen LogP contribution in [0.1, 0.15) is 12.8 Å². The van der Waals surface area contributed by atoms with Gasteiger partial charge in [0.2, 0.25) is 0 Å². The first-order valence-corrected chi connectivity index (χ1v) is 3.60. The molecule has 0 aromatic heterocycles. The molecule has 1 fully saturated rings. The van der Waals surface area contributed by atoms with Crippen LogP contribution in [-0.4, -0.2) is 36.1 Å². The lowest BCUT2D eigenvalue weighted by atomic mass is 10.00. The maximum atomic E-state index is 10.1. The van der Waals surface area contributed by atoms with Crippen LogP contribution in [0.4, 0.5) is 0 Å². The average Bonchev–Trinajstić information content (AvgIpc) is 2.05. The summed E-state index contributed by atoms with van der Waals surface area (Å²) < 4.78 is 0. The lowest BCUT2D eigenvalue weighted by Gasteiger charge is -2.27. The fourth-order valence-corrected chi connectivity index (χ4v) is 1.30. The first-order chi connectivity index (χ1) is 4.86. The van der Waals surface area contributed by atoms with Crippen molar-refractivity contribution in [1.29, 1.82) is 0 Å². The van der Waals surface area contributed by atoms with E-state index in [4.69, 9.17) is 5.11 Å². The highest BCUT2D eigenvalue weighted by molar-refractivity contribution is 5.48. The van der Waals surface area contributed by atoms with Gasteiger partial charge in [0.25, 0.3) is 0 Å². The van der Waals surface area contributed by atoms with Crippen LogP contribution in [0.5, 0.6) is 0 Å². The molecule has 0 bridgehead atoms. The molecule has 0 aliphatic carbocycles. The van der Waals surface area contributed by atoms with Crippen molar-refractivity contribution in [2.24, 2.45) is 5.92 Å². The van der Waals surface area contributed by atoms with Crippen molar-refractivity contribution in [3.8, 4) is 0 Å². The van der Waals surface area contributed by atoms with Crippen LogP contribution in [0.25, 0.3) is 0 Å². The number of aliphatic hydroxyl groups is 1. The SMILES string of the molecule is O=[C]N1CCCC(CO)C1. The van der Waals surface area contributed by atoms with Crippen molar-refractivity contribution in [3.05, 3.63) is 0 Å². The van der Waals surface area contributed by atoms with Crippen LogP contribution in [0.15, 0.2) is 0 Å². The van der Waals surface area contributed by atoms with Crippen molar-refractivity contribution in [2.45, 2.75) is 12.8 Å². The maximum Gasteiger partial charge on any atom is 0.312 e. The first-order valence-electron chi connectivity index (χ1n) is 3.60. The predicted octanol–water partition coefficient (Wildman–Crippen LogP) is -0.242. The second kappa shape index (κ2) is 3.56. The van der Waals surface area contributed by atoms with E-state index in [0.717, 1.165) is 19.4 Å². The van der Waals surface area contributed by atoms with E-state index in [1.54, 1.807) is 4.90 Å². The molecular formula is C7H12NO2. The van der Waals surface area contributed by atoms with Gasteiger partial charge in [-0.25, -0.2) is 0 Å². The number of piperidine rings is 1. The van der Waals surface area contributed by atoms with Crippen molar-refractivity contribution in [2.75, 3.05) is 19.7 Å². The van der Waals surface area contributed by atoms with Crippen LogP contribution in [0, 0.1) is 5.92 Å². The summed E-state index contributed by atoms with van der Waals surface area (Å²) in [5.41, 5.74) is 0. The van der Waals surface area contributed by atoms with E-state index in [9.17, 15) is 4.79 Å². The van der Waals surface area contributed by atoms with Crippen LogP contribution >= 0.6 is 0 Å². The van der Waals surface area contributed by atoms with E-state index in [1.807, 2.05) is 6.41 Å². The summed E-state index contributed by atoms with van der Waals surface area (Å²) >= 11 is 0. The second-order valence-electron chi connectivity index (χ2n) is 2.73. The third kappa shape index (κ3) is 1.70. The topological polar surface area (TPSA) is 40.5 Å². The minimum Gasteiger partial charge on any atom is -0.396 e. The van der Waals surface area contributed by atoms with Crippen molar-refractivity contribution >= 4 is 6.41 Å². The van der Waals surface area contributed by atoms with Gasteiger partial charge in [-0.2, -0.15) is 0 Å². The monoisotopic (exact) mass is 142 g/mol. The third-order valence-corrected chi connectivity index (χ3v) is 1.91. The standard InChI is InChI=1S/C7H12NO2/c9-5-7-2-1-3-8(4-7)6-10/h7,9H,1-5H2. The molecule has 1 atom stereocenters. The van der Waals surface area contributed by atoms with E-state index in [1.165, 1.54) is 0 Å². The Morgan fingerprint density at radius 3 is 3.10 bits per heavy atom. The molecule has 3 heteroatoms. The largest absolute Gasteiger partial charge is 0.396 e. The summed E-state index contributed by atoms with van der Waals surface area (Å²) in [4.78, 5) is 11.7. The van der Waals surface area contributed by atoms with Gasteiger partial charge in [0.15, 0.2) is 0 Å². The van der Waals surface area contributed by atoms with Gasteiger partial charge in [0, 0.05) is 19.7 Å². The van der Waals surface area contributed by atoms with Gasteiger partial charge in [0.1, 0.15) is 0 Å². The Hall–Kier alpha value is -0.570. The number of aliphatic hydroxyl groups excluding tert-OH is 1. The molecule has 1 unspecified atom stereocenters. The fraction of sp³-hybridized carbons (Fsp3) is 0.857. The van der Waals surface area contributed by atoms with E-state index in [-0.39, 0.29) is 12.5 Å². The zero-order valence-electron chi connectivity index (χ0n) is 5.92. The molecule has 1 N–H and O–H groups in total. The number of hydrogen-bond donors (Lipinski definition) is 1. The Morgan fingerprint density at radius 1 is 1.70 bits per heavy atom. The van der Waals surface area contributed by atoms with Gasteiger partial charge >= 0.3 is 6.41 Å². The van der Waals surface area contributed by atoms with Crippen LogP contribution in [0.2, 0.25) is 0 Å². The van der Waals surface area contributed by atoms with Gasteiger partial charge < -0.3 is 10.0 Å². The number of carbonyl (C=O) groups excluding carboxylic acids is 1. The molecule has 1 rings (SSSR count). The van der Waals surface area contributed by atoms with Crippen LogP contribution in [-0.2, 0) is 4.79 Å². The van der Waals surface area contributed by atoms with E-state index < -0.39 is 0 Å². The average molecular weight is 142 g/mol. The van der Waals surface area contributed by atoms with Gasteiger partial charge in [-0.05, 0) is 18.8 Å². The van der Waals surface area contributed by atoms with Crippen LogP contribution < -0.4 is 0 Å². The Bertz CT molecular complexity index is 116. The molecule has 0 saturated carbocycles. The molecule has 1 saturated heterocycles. The summed E-state index contributed by atoms with van der Waals surface area (Å²) in [6, 6.07) is 0. The van der Waals surface area contributed by atoms with Crippen molar-refractivity contribution in [1.82, 2.24) is 4.90 Å². The molecule has 0 aromatic carbocycles. The highest BCUT2D eigenvalue weighted by Gasteiger charge is 2.17. The Balaban J connectivity index is 2.31. The molecule has 0 aromatic rings. The van der Waals surface area contributed by atoms with Crippen LogP contribution in [0.3, 0.4) is 0 Å². The second-order valence-corrected chi connectivity index (χ2v) is 2.73. The number of rotatable bonds is 2. The lowest BCUT2D eigenvalue weighted by Crippen LogP contribution is -2.35. The van der Waals surface area contributed by atoms with Crippen molar-refractivity contribution in [3.63, 3.8) is 0 Å². The van der Waals surface area contributed by atoms with E-state index in [0.29, 0.717) is 6.54 Å². The number of nitrogens with zero attached hydrogens (tertiary/aromatic N) is 1. The molecule has 1 aliphatic rings. The third-order valence-electron chi connectivity index (χ3n) is 1.91. The number of hydrogen-bond acceptors (Lipinski definition) is 2. The lowest BCUT2D eigenvalue weighted by molar-refractivity contribution is 0.158. The van der Waals surface area contributed by atoms with Gasteiger partial charge in [-0.3, -0.25) is 4.79 Å². The van der Waals surface area contributed by atoms with Gasteiger partial charge in [-0.15, -0.1) is 0 Å². The molecule has 3 nitrogen and oxygen atoms in total. The molecule has 10 heavy (non-hydrogen) atoms. The molecule has 1 heterocycles. The van der Waals surface area contributed by atoms with E-state index >= 15 is 0 Å². The highest BCUT2D eigenvalue weighted by atomic mass is 16.3. The molecule has 1 amide bonds. The quantitative estimate of drug-likeness (QED) is 0.578. The Morgan fingerprint density at radius 2 is 2.50 bits per heavy atom. The summed E-state index contributed by atoms with van der Waals surface area (Å²) in [5, 5.41) is 8.75. The summed E-state index contributed by atoms with van der Waals surface area (Å²) in [6.45, 7) is 1.68. The highest BCUT2D eigenvalue weighted by Crippen LogP contribution is 2.13.